The van der Waals surface area contributed by atoms with Gasteiger partial charge >= 0.3 is 0 Å². The highest BCUT2D eigenvalue weighted by Gasteiger charge is 2.31. The number of piperidine rings is 1. The van der Waals surface area contributed by atoms with Gasteiger partial charge in [-0.2, -0.15) is 0 Å². The highest BCUT2D eigenvalue weighted by molar-refractivity contribution is 6.07. The molecule has 3 aromatic heterocycles. The van der Waals surface area contributed by atoms with Crippen molar-refractivity contribution in [3.05, 3.63) is 53.2 Å². The predicted molar refractivity (Wildman–Crippen MR) is 160 cm³/mol. The number of likely N-dealkylation sites (N-methyl/N-ethyl adjacent to an activating group) is 1. The smallest absolute Gasteiger partial charge is 0.245 e. The van der Waals surface area contributed by atoms with Crippen molar-refractivity contribution in [2.24, 2.45) is 0 Å². The van der Waals surface area contributed by atoms with Crippen LogP contribution >= 0.6 is 0 Å². The highest BCUT2D eigenvalue weighted by atomic mass is 19.1. The van der Waals surface area contributed by atoms with Crippen LogP contribution in [0.3, 0.4) is 0 Å². The second-order valence-corrected chi connectivity index (χ2v) is 11.9. The molecule has 5 heterocycles. The minimum absolute atomic E-state index is 0.110. The summed E-state index contributed by atoms with van der Waals surface area (Å²) in [7, 11) is 2.09. The van der Waals surface area contributed by atoms with Gasteiger partial charge in [0.1, 0.15) is 23.0 Å². The van der Waals surface area contributed by atoms with Gasteiger partial charge in [0.25, 0.3) is 0 Å². The van der Waals surface area contributed by atoms with Crippen LogP contribution in [0.1, 0.15) is 49.9 Å². The molecule has 42 heavy (non-hydrogen) atoms. The fourth-order valence-corrected chi connectivity index (χ4v) is 6.88. The fraction of sp³-hybridized carbons (Fsp3) is 0.438. The second-order valence-electron chi connectivity index (χ2n) is 11.9. The molecule has 1 unspecified atom stereocenters. The normalized spacial score (nSPS) is 19.3. The first-order chi connectivity index (χ1) is 20.3. The zero-order valence-electron chi connectivity index (χ0n) is 24.4. The largest absolute Gasteiger partial charge is 0.471 e. The first-order valence-corrected chi connectivity index (χ1v) is 14.8. The number of nitrogens with one attached hydrogen (secondary N) is 1. The van der Waals surface area contributed by atoms with E-state index in [1.807, 2.05) is 36.7 Å². The topological polar surface area (TPSA) is 81.0 Å². The molecule has 0 aliphatic carbocycles. The maximum Gasteiger partial charge on any atom is 0.245 e. The molecule has 1 N–H and O–H groups in total. The van der Waals surface area contributed by atoms with Crippen molar-refractivity contribution >= 4 is 32.8 Å². The Morgan fingerprint density at radius 2 is 1.76 bits per heavy atom. The number of aromatic nitrogens is 5. The van der Waals surface area contributed by atoms with Crippen LogP contribution in [-0.4, -0.2) is 68.7 Å². The predicted octanol–water partition coefficient (Wildman–Crippen LogP) is 5.88. The van der Waals surface area contributed by atoms with Gasteiger partial charge < -0.3 is 10.1 Å². The zero-order chi connectivity index (χ0) is 29.1. The summed E-state index contributed by atoms with van der Waals surface area (Å²) in [6, 6.07) is 9.01. The molecule has 2 saturated heterocycles. The lowest BCUT2D eigenvalue weighted by Gasteiger charge is -2.27. The van der Waals surface area contributed by atoms with Crippen molar-refractivity contribution in [3.8, 4) is 17.0 Å². The van der Waals surface area contributed by atoms with Gasteiger partial charge in [0, 0.05) is 33.6 Å². The Morgan fingerprint density at radius 3 is 2.52 bits per heavy atom. The Labute approximate surface area is 243 Å². The van der Waals surface area contributed by atoms with Crippen molar-refractivity contribution in [1.29, 1.82) is 0 Å². The first-order valence-electron chi connectivity index (χ1n) is 14.8. The first kappa shape index (κ1) is 27.1. The van der Waals surface area contributed by atoms with E-state index in [1.165, 1.54) is 6.07 Å². The Hall–Kier alpha value is -3.76. The number of hydrogen-bond donors (Lipinski definition) is 1. The highest BCUT2D eigenvalue weighted by Crippen LogP contribution is 2.41. The molecular formula is C32H35F2N7O. The molecule has 2 aliphatic rings. The summed E-state index contributed by atoms with van der Waals surface area (Å²) in [5.74, 6) is -0.875. The van der Waals surface area contributed by atoms with Gasteiger partial charge in [-0.1, -0.05) is 11.3 Å². The van der Waals surface area contributed by atoms with E-state index in [0.717, 1.165) is 56.4 Å². The van der Waals surface area contributed by atoms with Gasteiger partial charge in [-0.25, -0.2) is 18.4 Å². The summed E-state index contributed by atoms with van der Waals surface area (Å²) in [5, 5.41) is 13.8. The molecule has 7 rings (SSSR count). The summed E-state index contributed by atoms with van der Waals surface area (Å²) >= 11 is 0. The molecule has 2 aromatic carbocycles. The number of nitrogens with zero attached hydrogens (tertiary/aromatic N) is 6. The fourth-order valence-electron chi connectivity index (χ4n) is 6.88. The number of rotatable bonds is 5. The van der Waals surface area contributed by atoms with E-state index in [9.17, 15) is 0 Å². The summed E-state index contributed by atoms with van der Waals surface area (Å²) in [5.41, 5.74) is 3.38. The molecule has 2 fully saturated rings. The second kappa shape index (κ2) is 10.5. The van der Waals surface area contributed by atoms with Gasteiger partial charge in [-0.15, -0.1) is 5.10 Å². The van der Waals surface area contributed by atoms with Crippen LogP contribution in [0.2, 0.25) is 0 Å². The number of hydrogen-bond acceptors (Lipinski definition) is 7. The van der Waals surface area contributed by atoms with Crippen LogP contribution < -0.4 is 10.1 Å². The molecule has 0 radical (unpaired) electrons. The van der Waals surface area contributed by atoms with E-state index in [1.54, 1.807) is 13.0 Å². The molecule has 10 heteroatoms. The average molecular weight is 572 g/mol. The molecule has 5 aromatic rings. The van der Waals surface area contributed by atoms with Gasteiger partial charge in [0.15, 0.2) is 11.3 Å². The van der Waals surface area contributed by atoms with E-state index in [4.69, 9.17) is 9.72 Å². The lowest BCUT2D eigenvalue weighted by atomic mass is 9.94. The van der Waals surface area contributed by atoms with Crippen LogP contribution in [0.25, 0.3) is 44.0 Å². The number of aryl methyl sites for hydroxylation is 2. The van der Waals surface area contributed by atoms with Crippen LogP contribution in [0.15, 0.2) is 30.3 Å². The van der Waals surface area contributed by atoms with Crippen LogP contribution in [-0.2, 0) is 0 Å². The maximum absolute atomic E-state index is 16.9. The molecule has 218 valence electrons. The summed E-state index contributed by atoms with van der Waals surface area (Å²) < 4.78 is 40.9. The Morgan fingerprint density at radius 1 is 0.976 bits per heavy atom. The van der Waals surface area contributed by atoms with Crippen LogP contribution in [0.5, 0.6) is 5.88 Å². The van der Waals surface area contributed by atoms with Crippen molar-refractivity contribution in [1.82, 2.24) is 35.2 Å². The van der Waals surface area contributed by atoms with Gasteiger partial charge in [0.05, 0.1) is 11.6 Å². The molecule has 2 aliphatic heterocycles. The van der Waals surface area contributed by atoms with Crippen molar-refractivity contribution in [2.75, 3.05) is 26.7 Å². The van der Waals surface area contributed by atoms with Crippen molar-refractivity contribution in [2.45, 2.75) is 64.6 Å². The summed E-state index contributed by atoms with van der Waals surface area (Å²) in [4.78, 5) is 11.7. The summed E-state index contributed by atoms with van der Waals surface area (Å²) in [6.45, 7) is 8.42. The van der Waals surface area contributed by atoms with E-state index in [0.29, 0.717) is 27.5 Å². The van der Waals surface area contributed by atoms with E-state index in [2.05, 4.69) is 32.6 Å². The maximum atomic E-state index is 16.9. The minimum atomic E-state index is -0.602. The Kier molecular flexibility index (Phi) is 6.78. The molecule has 2 atom stereocenters. The van der Waals surface area contributed by atoms with Crippen molar-refractivity contribution < 1.29 is 13.5 Å². The number of fused-ring (bicyclic) bond motifs is 4. The number of ether oxygens (including phenoxy) is 1. The molecular weight excluding hydrogens is 536 g/mol. The third-order valence-corrected chi connectivity index (χ3v) is 9.07. The third kappa shape index (κ3) is 4.39. The third-order valence-electron chi connectivity index (χ3n) is 9.07. The quantitative estimate of drug-likeness (QED) is 0.282. The Balaban J connectivity index is 1.49. The van der Waals surface area contributed by atoms with Gasteiger partial charge in [-0.05, 0) is 103 Å². The van der Waals surface area contributed by atoms with E-state index in [-0.39, 0.29) is 40.7 Å². The van der Waals surface area contributed by atoms with E-state index < -0.39 is 11.6 Å². The molecule has 8 nitrogen and oxygen atoms in total. The number of halogens is 2. The van der Waals surface area contributed by atoms with Gasteiger partial charge in [-0.3, -0.25) is 9.88 Å². The Bertz CT molecular complexity index is 1830. The SMILES string of the molecule is Cc1ccc2ccc(F)c(-c3c(C)cc4c(nc(O[C@@H](C)C5CCCN5C)c5nnn(C6CCNCC6)c54)c3F)c2n1. The summed E-state index contributed by atoms with van der Waals surface area (Å²) in [6.07, 6.45) is 3.69. The number of benzene rings is 2. The molecule has 0 spiro atoms. The molecule has 0 bridgehead atoms. The molecule has 0 saturated carbocycles. The monoisotopic (exact) mass is 571 g/mol. The lowest BCUT2D eigenvalue weighted by molar-refractivity contribution is 0.118. The number of pyridine rings is 2. The van der Waals surface area contributed by atoms with Crippen LogP contribution in [0, 0.1) is 25.5 Å². The number of likely N-dealkylation sites (tertiary alicyclic amines) is 1. The minimum Gasteiger partial charge on any atom is -0.471 e. The van der Waals surface area contributed by atoms with Crippen LogP contribution in [0.4, 0.5) is 8.78 Å². The standard InChI is InChI=1S/C32H35F2N7O/c1-17-16-22-29(27(34)25(17)26-23(33)10-9-20-8-7-18(2)36-28(20)26)37-32(42-19(3)24-6-5-15-40(24)4)30-31(22)41(39-38-30)21-11-13-35-14-12-21/h7-10,16,19,21,24,35H,5-6,11-15H2,1-4H3/t19-,24?/m0/s1. The molecule has 0 amide bonds. The average Bonchev–Trinajstić information content (AvgIpc) is 3.62. The van der Waals surface area contributed by atoms with Crippen molar-refractivity contribution in [3.63, 3.8) is 0 Å². The van der Waals surface area contributed by atoms with Gasteiger partial charge in [0.2, 0.25) is 5.88 Å². The zero-order valence-corrected chi connectivity index (χ0v) is 24.4. The lowest BCUT2D eigenvalue weighted by Crippen LogP contribution is -2.38. The van der Waals surface area contributed by atoms with E-state index >= 15 is 8.78 Å².